The van der Waals surface area contributed by atoms with E-state index in [1.54, 1.807) is 44.5 Å². The fraction of sp³-hybridized carbons (Fsp3) is 0.226. The minimum atomic E-state index is -4.44. The molecule has 5 rings (SSSR count). The van der Waals surface area contributed by atoms with Gasteiger partial charge in [-0.3, -0.25) is 9.52 Å². The highest BCUT2D eigenvalue weighted by atomic mass is 32.2. The van der Waals surface area contributed by atoms with Crippen LogP contribution in [-0.4, -0.2) is 52.0 Å². The number of nitrogen functional groups attached to an aromatic ring is 1. The first-order valence-corrected chi connectivity index (χ1v) is 15.1. The molecule has 0 atom stereocenters. The van der Waals surface area contributed by atoms with E-state index in [0.717, 1.165) is 17.0 Å². The highest BCUT2D eigenvalue weighted by molar-refractivity contribution is 7.92. The molecule has 0 fully saturated rings. The molecule has 2 aromatic heterocycles. The van der Waals surface area contributed by atoms with Gasteiger partial charge in [0, 0.05) is 37.5 Å². The molecule has 1 aliphatic heterocycles. The lowest BCUT2D eigenvalue weighted by molar-refractivity contribution is 0.0232. The summed E-state index contributed by atoms with van der Waals surface area (Å²) < 4.78 is 62.6. The van der Waals surface area contributed by atoms with Gasteiger partial charge in [0.1, 0.15) is 27.8 Å². The van der Waals surface area contributed by atoms with Crippen LogP contribution in [0.1, 0.15) is 48.0 Å². The molecule has 0 radical (unpaired) electrons. The van der Waals surface area contributed by atoms with Crippen molar-refractivity contribution < 1.29 is 31.5 Å². The third kappa shape index (κ3) is 6.63. The Kier molecular flexibility index (Phi) is 8.07. The lowest BCUT2D eigenvalue weighted by Crippen LogP contribution is -2.44. The number of benzene rings is 2. The van der Waals surface area contributed by atoms with E-state index in [9.17, 15) is 26.8 Å². The van der Waals surface area contributed by atoms with Gasteiger partial charge in [0.25, 0.3) is 15.9 Å². The molecule has 2 aromatic carbocycles. The third-order valence-corrected chi connectivity index (χ3v) is 8.11. The standard InChI is InChI=1S/C31H28F2N6O5S/c1-31(2,3)44-30(41)39-13-12-24-22(28(39)40)16-25(38(24)4)27-19(17-35-29(34)36-27)9-8-18-6-5-7-21(14-18)37-45(42,43)26-15-20(32)10-11-23(26)33/h5-7,10-11,14-17,37H,12-13H2,1-4H3,(H2,34,35,36). The number of aromatic nitrogens is 3. The van der Waals surface area contributed by atoms with Crippen molar-refractivity contribution in [2.45, 2.75) is 37.7 Å². The van der Waals surface area contributed by atoms with Crippen molar-refractivity contribution in [2.24, 2.45) is 7.05 Å². The van der Waals surface area contributed by atoms with Crippen molar-refractivity contribution in [1.29, 1.82) is 0 Å². The zero-order valence-electron chi connectivity index (χ0n) is 24.7. The number of amides is 2. The molecular formula is C31H28F2N6O5S. The molecule has 45 heavy (non-hydrogen) atoms. The van der Waals surface area contributed by atoms with E-state index in [-0.39, 0.29) is 18.2 Å². The Balaban J connectivity index is 1.45. The van der Waals surface area contributed by atoms with Crippen molar-refractivity contribution in [3.8, 4) is 23.2 Å². The van der Waals surface area contributed by atoms with Crippen LogP contribution in [0.2, 0.25) is 0 Å². The number of hydrogen-bond donors (Lipinski definition) is 2. The molecular weight excluding hydrogens is 606 g/mol. The van der Waals surface area contributed by atoms with Crippen LogP contribution in [0.3, 0.4) is 0 Å². The van der Waals surface area contributed by atoms with Crippen LogP contribution in [0.15, 0.2) is 59.6 Å². The first-order valence-electron chi connectivity index (χ1n) is 13.6. The monoisotopic (exact) mass is 634 g/mol. The quantitative estimate of drug-likeness (QED) is 0.312. The Morgan fingerprint density at radius 3 is 2.60 bits per heavy atom. The SMILES string of the molecule is Cn1c(-c2nc(N)ncc2C#Cc2cccc(NS(=O)(=O)c3cc(F)ccc3F)c2)cc2c1CCN(C(=O)OC(C)(C)C)C2=O. The van der Waals surface area contributed by atoms with Gasteiger partial charge in [0.2, 0.25) is 5.95 Å². The van der Waals surface area contributed by atoms with Crippen molar-refractivity contribution >= 4 is 33.7 Å². The number of hydrogen-bond acceptors (Lipinski definition) is 8. The number of nitrogens with zero attached hydrogens (tertiary/aromatic N) is 4. The van der Waals surface area contributed by atoms with Crippen LogP contribution in [0.5, 0.6) is 0 Å². The van der Waals surface area contributed by atoms with Crippen molar-refractivity contribution in [3.05, 3.63) is 88.7 Å². The summed E-state index contributed by atoms with van der Waals surface area (Å²) in [5, 5.41) is 0. The van der Waals surface area contributed by atoms with Crippen LogP contribution in [-0.2, 0) is 28.2 Å². The number of carbonyl (C=O) groups excluding carboxylic acids is 2. The largest absolute Gasteiger partial charge is 0.443 e. The van der Waals surface area contributed by atoms with E-state index < -0.39 is 44.2 Å². The van der Waals surface area contributed by atoms with Crippen LogP contribution >= 0.6 is 0 Å². The van der Waals surface area contributed by atoms with Crippen LogP contribution in [0, 0.1) is 23.5 Å². The minimum absolute atomic E-state index is 0.0302. The summed E-state index contributed by atoms with van der Waals surface area (Å²) in [7, 11) is -2.68. The van der Waals surface area contributed by atoms with Crippen molar-refractivity contribution in [2.75, 3.05) is 17.0 Å². The average molecular weight is 635 g/mol. The smallest absolute Gasteiger partial charge is 0.417 e. The number of sulfonamides is 1. The fourth-order valence-corrected chi connectivity index (χ4v) is 5.83. The second kappa shape index (κ2) is 11.7. The maximum Gasteiger partial charge on any atom is 0.417 e. The summed E-state index contributed by atoms with van der Waals surface area (Å²) in [6, 6.07) is 9.77. The molecule has 1 aliphatic rings. The summed E-state index contributed by atoms with van der Waals surface area (Å²) in [5.41, 5.74) is 7.80. The number of nitrogens with one attached hydrogen (secondary N) is 1. The lowest BCUT2D eigenvalue weighted by atomic mass is 10.1. The minimum Gasteiger partial charge on any atom is -0.443 e. The molecule has 3 N–H and O–H groups in total. The average Bonchev–Trinajstić information content (AvgIpc) is 3.29. The molecule has 0 saturated carbocycles. The Morgan fingerprint density at radius 1 is 1.11 bits per heavy atom. The molecule has 11 nitrogen and oxygen atoms in total. The molecule has 0 spiro atoms. The van der Waals surface area contributed by atoms with Crippen LogP contribution in [0.25, 0.3) is 11.4 Å². The molecule has 0 bridgehead atoms. The highest BCUT2D eigenvalue weighted by Gasteiger charge is 2.35. The van der Waals surface area contributed by atoms with Gasteiger partial charge in [-0.2, -0.15) is 0 Å². The van der Waals surface area contributed by atoms with Gasteiger partial charge < -0.3 is 15.0 Å². The van der Waals surface area contributed by atoms with Gasteiger partial charge in [-0.25, -0.2) is 36.9 Å². The number of imide groups is 1. The topological polar surface area (TPSA) is 150 Å². The van der Waals surface area contributed by atoms with Gasteiger partial charge in [0.15, 0.2) is 0 Å². The first-order chi connectivity index (χ1) is 21.1. The number of halogens is 2. The van der Waals surface area contributed by atoms with Crippen molar-refractivity contribution in [1.82, 2.24) is 19.4 Å². The number of carbonyl (C=O) groups is 2. The van der Waals surface area contributed by atoms with E-state index in [0.29, 0.717) is 46.3 Å². The fourth-order valence-electron chi connectivity index (χ4n) is 4.69. The van der Waals surface area contributed by atoms with E-state index >= 15 is 0 Å². The molecule has 14 heteroatoms. The second-order valence-electron chi connectivity index (χ2n) is 11.1. The lowest BCUT2D eigenvalue weighted by Gasteiger charge is -2.28. The molecule has 3 heterocycles. The van der Waals surface area contributed by atoms with Gasteiger partial charge in [-0.15, -0.1) is 0 Å². The molecule has 232 valence electrons. The van der Waals surface area contributed by atoms with Crippen LogP contribution in [0.4, 0.5) is 25.2 Å². The number of anilines is 2. The Labute approximate surface area is 258 Å². The van der Waals surface area contributed by atoms with E-state index in [1.807, 2.05) is 0 Å². The summed E-state index contributed by atoms with van der Waals surface area (Å²) in [5.74, 6) is 3.36. The zero-order valence-corrected chi connectivity index (χ0v) is 25.5. The normalized spacial score (nSPS) is 13.1. The summed E-state index contributed by atoms with van der Waals surface area (Å²) in [6.45, 7) is 5.30. The molecule has 0 unspecified atom stereocenters. The zero-order chi connectivity index (χ0) is 32.7. The van der Waals surface area contributed by atoms with Gasteiger partial charge in [0.05, 0.1) is 22.5 Å². The summed E-state index contributed by atoms with van der Waals surface area (Å²) in [4.78, 5) is 34.6. The maximum atomic E-state index is 14.1. The maximum absolute atomic E-state index is 14.1. The molecule has 0 aliphatic carbocycles. The third-order valence-electron chi connectivity index (χ3n) is 6.71. The van der Waals surface area contributed by atoms with Crippen LogP contribution < -0.4 is 10.5 Å². The predicted octanol–water partition coefficient (Wildman–Crippen LogP) is 4.48. The molecule has 0 saturated heterocycles. The first kappa shape index (κ1) is 31.1. The van der Waals surface area contributed by atoms with Gasteiger partial charge >= 0.3 is 6.09 Å². The second-order valence-corrected chi connectivity index (χ2v) is 12.8. The van der Waals surface area contributed by atoms with E-state index in [2.05, 4.69) is 26.5 Å². The van der Waals surface area contributed by atoms with Gasteiger partial charge in [-0.1, -0.05) is 17.9 Å². The van der Waals surface area contributed by atoms with Gasteiger partial charge in [-0.05, 0) is 63.2 Å². The number of nitrogens with two attached hydrogens (primary N) is 1. The van der Waals surface area contributed by atoms with E-state index in [4.69, 9.17) is 10.5 Å². The number of ether oxygens (including phenoxy) is 1. The predicted molar refractivity (Wildman–Crippen MR) is 161 cm³/mol. The molecule has 2 amide bonds. The Hall–Kier alpha value is -5.29. The highest BCUT2D eigenvalue weighted by Crippen LogP contribution is 2.31. The Bertz CT molecular complexity index is 2030. The number of fused-ring (bicyclic) bond motifs is 1. The number of rotatable bonds is 4. The summed E-state index contributed by atoms with van der Waals surface area (Å²) in [6.07, 6.45) is 1.08. The Morgan fingerprint density at radius 2 is 1.87 bits per heavy atom. The van der Waals surface area contributed by atoms with E-state index in [1.165, 1.54) is 24.4 Å². The van der Waals surface area contributed by atoms with Crippen molar-refractivity contribution in [3.63, 3.8) is 0 Å². The molecule has 4 aromatic rings. The summed E-state index contributed by atoms with van der Waals surface area (Å²) >= 11 is 0.